The van der Waals surface area contributed by atoms with Gasteiger partial charge in [0.1, 0.15) is 5.58 Å². The average molecular weight is 468 g/mol. The molecule has 1 fully saturated rings. The molecule has 1 aliphatic rings. The van der Waals surface area contributed by atoms with Gasteiger partial charge in [0.25, 0.3) is 5.91 Å². The molecule has 1 unspecified atom stereocenters. The van der Waals surface area contributed by atoms with Gasteiger partial charge in [-0.05, 0) is 54.8 Å². The normalized spacial score (nSPS) is 16.2. The van der Waals surface area contributed by atoms with Gasteiger partial charge >= 0.3 is 0 Å². The van der Waals surface area contributed by atoms with E-state index in [4.69, 9.17) is 4.42 Å². The van der Waals surface area contributed by atoms with Crippen LogP contribution in [0.1, 0.15) is 34.5 Å². The van der Waals surface area contributed by atoms with Crippen LogP contribution in [0.3, 0.4) is 0 Å². The summed E-state index contributed by atoms with van der Waals surface area (Å²) >= 11 is 0. The zero-order valence-corrected chi connectivity index (χ0v) is 19.6. The highest BCUT2D eigenvalue weighted by molar-refractivity contribution is 6.04. The van der Waals surface area contributed by atoms with E-state index in [1.165, 1.54) is 5.56 Å². The highest BCUT2D eigenvalue weighted by atomic mass is 16.3. The third-order valence-corrected chi connectivity index (χ3v) is 6.35. The standard InChI is InChI=1S/C29H29N3O3/c33-28(30-25-10-6-16-32(20-25)19-22-7-2-1-3-8-22)17-21-12-14-24(15-13-21)31-29(34)27-18-23-9-4-5-11-26(23)35-27/h1-5,7-9,11-15,18,25H,6,10,16-17,19-20H2,(H,30,33)(H,31,34). The lowest BCUT2D eigenvalue weighted by molar-refractivity contribution is -0.121. The van der Waals surface area contributed by atoms with Gasteiger partial charge in [0.05, 0.1) is 6.42 Å². The van der Waals surface area contributed by atoms with E-state index < -0.39 is 0 Å². The summed E-state index contributed by atoms with van der Waals surface area (Å²) in [5.41, 5.74) is 3.54. The van der Waals surface area contributed by atoms with E-state index in [0.717, 1.165) is 43.4 Å². The smallest absolute Gasteiger partial charge is 0.291 e. The summed E-state index contributed by atoms with van der Waals surface area (Å²) in [5, 5.41) is 6.94. The number of para-hydroxylation sites is 1. The number of benzene rings is 3. The largest absolute Gasteiger partial charge is 0.451 e. The van der Waals surface area contributed by atoms with Crippen molar-refractivity contribution in [2.75, 3.05) is 18.4 Å². The molecular weight excluding hydrogens is 438 g/mol. The van der Waals surface area contributed by atoms with Crippen molar-refractivity contribution in [3.63, 3.8) is 0 Å². The van der Waals surface area contributed by atoms with E-state index in [9.17, 15) is 9.59 Å². The Labute approximate surface area is 204 Å². The molecule has 2 amide bonds. The van der Waals surface area contributed by atoms with Crippen molar-refractivity contribution < 1.29 is 14.0 Å². The summed E-state index contributed by atoms with van der Waals surface area (Å²) in [7, 11) is 0. The van der Waals surface area contributed by atoms with Crippen molar-refractivity contribution in [3.05, 3.63) is 102 Å². The SMILES string of the molecule is O=C(Cc1ccc(NC(=O)c2cc3ccccc3o2)cc1)NC1CCCN(Cc2ccccc2)C1. The summed E-state index contributed by atoms with van der Waals surface area (Å²) in [6.07, 6.45) is 2.40. The van der Waals surface area contributed by atoms with Crippen LogP contribution in [0.2, 0.25) is 0 Å². The zero-order valence-electron chi connectivity index (χ0n) is 19.6. The maximum absolute atomic E-state index is 12.7. The molecule has 1 atom stereocenters. The molecule has 6 heteroatoms. The molecule has 2 heterocycles. The molecule has 178 valence electrons. The molecule has 1 aromatic heterocycles. The Morgan fingerprint density at radius 3 is 2.49 bits per heavy atom. The quantitative estimate of drug-likeness (QED) is 0.401. The first kappa shape index (κ1) is 22.9. The summed E-state index contributed by atoms with van der Waals surface area (Å²) in [6.45, 7) is 2.84. The molecule has 0 aliphatic carbocycles. The molecule has 35 heavy (non-hydrogen) atoms. The summed E-state index contributed by atoms with van der Waals surface area (Å²) in [5.74, 6) is -0.0110. The van der Waals surface area contributed by atoms with E-state index in [2.05, 4.69) is 39.8 Å². The highest BCUT2D eigenvalue weighted by Gasteiger charge is 2.21. The number of carbonyl (C=O) groups excluding carboxylic acids is 2. The number of hydrogen-bond acceptors (Lipinski definition) is 4. The van der Waals surface area contributed by atoms with Crippen LogP contribution in [0.5, 0.6) is 0 Å². The number of carbonyl (C=O) groups is 2. The van der Waals surface area contributed by atoms with Crippen molar-refractivity contribution in [1.82, 2.24) is 10.2 Å². The maximum atomic E-state index is 12.7. The van der Waals surface area contributed by atoms with E-state index in [1.807, 2.05) is 54.6 Å². The molecule has 0 spiro atoms. The number of piperidine rings is 1. The molecule has 4 aromatic rings. The second-order valence-corrected chi connectivity index (χ2v) is 9.10. The Bertz CT molecular complexity index is 1260. The van der Waals surface area contributed by atoms with E-state index in [1.54, 1.807) is 6.07 Å². The Hall–Kier alpha value is -3.90. The molecule has 5 rings (SSSR count). The predicted molar refractivity (Wildman–Crippen MR) is 137 cm³/mol. The fourth-order valence-electron chi connectivity index (χ4n) is 4.62. The third kappa shape index (κ3) is 5.97. The van der Waals surface area contributed by atoms with Crippen LogP contribution in [0.15, 0.2) is 89.3 Å². The predicted octanol–water partition coefficient (Wildman–Crippen LogP) is 5.01. The van der Waals surface area contributed by atoms with Gasteiger partial charge in [-0.25, -0.2) is 0 Å². The first-order valence-electron chi connectivity index (χ1n) is 12.1. The van der Waals surface area contributed by atoms with Gasteiger partial charge in [-0.3, -0.25) is 14.5 Å². The number of nitrogens with zero attached hydrogens (tertiary/aromatic N) is 1. The van der Waals surface area contributed by atoms with Gasteiger partial charge in [0.15, 0.2) is 5.76 Å². The van der Waals surface area contributed by atoms with Crippen molar-refractivity contribution in [3.8, 4) is 0 Å². The number of rotatable bonds is 7. The van der Waals surface area contributed by atoms with Crippen LogP contribution in [-0.4, -0.2) is 35.8 Å². The Morgan fingerprint density at radius 2 is 1.69 bits per heavy atom. The van der Waals surface area contributed by atoms with Crippen LogP contribution in [-0.2, 0) is 17.8 Å². The van der Waals surface area contributed by atoms with Gasteiger partial charge in [-0.2, -0.15) is 0 Å². The Balaban J connectivity index is 1.11. The van der Waals surface area contributed by atoms with Gasteiger partial charge in [-0.1, -0.05) is 60.7 Å². The molecule has 1 aliphatic heterocycles. The lowest BCUT2D eigenvalue weighted by atomic mass is 10.0. The van der Waals surface area contributed by atoms with Crippen molar-refractivity contribution in [1.29, 1.82) is 0 Å². The topological polar surface area (TPSA) is 74.6 Å². The first-order valence-corrected chi connectivity index (χ1v) is 12.1. The zero-order chi connectivity index (χ0) is 24.0. The molecule has 3 aromatic carbocycles. The molecule has 2 N–H and O–H groups in total. The lowest BCUT2D eigenvalue weighted by Gasteiger charge is -2.33. The maximum Gasteiger partial charge on any atom is 0.291 e. The molecule has 1 saturated heterocycles. The van der Waals surface area contributed by atoms with Crippen molar-refractivity contribution >= 4 is 28.5 Å². The summed E-state index contributed by atoms with van der Waals surface area (Å²) in [4.78, 5) is 27.6. The minimum absolute atomic E-state index is 0.0237. The number of likely N-dealkylation sites (tertiary alicyclic amines) is 1. The van der Waals surface area contributed by atoms with Crippen LogP contribution >= 0.6 is 0 Å². The first-order chi connectivity index (χ1) is 17.1. The lowest BCUT2D eigenvalue weighted by Crippen LogP contribution is -2.47. The second-order valence-electron chi connectivity index (χ2n) is 9.10. The van der Waals surface area contributed by atoms with Gasteiger partial charge in [0.2, 0.25) is 5.91 Å². The number of hydrogen-bond donors (Lipinski definition) is 2. The Kier molecular flexibility index (Phi) is 6.91. The molecule has 0 radical (unpaired) electrons. The van der Waals surface area contributed by atoms with Gasteiger partial charge < -0.3 is 15.1 Å². The minimum Gasteiger partial charge on any atom is -0.451 e. The van der Waals surface area contributed by atoms with Gasteiger partial charge in [0, 0.05) is 30.2 Å². The summed E-state index contributed by atoms with van der Waals surface area (Å²) in [6, 6.07) is 27.2. The summed E-state index contributed by atoms with van der Waals surface area (Å²) < 4.78 is 5.62. The van der Waals surface area contributed by atoms with E-state index >= 15 is 0 Å². The molecular formula is C29H29N3O3. The number of anilines is 1. The second kappa shape index (κ2) is 10.6. The van der Waals surface area contributed by atoms with Crippen molar-refractivity contribution in [2.24, 2.45) is 0 Å². The molecule has 0 bridgehead atoms. The Morgan fingerprint density at radius 1 is 0.914 bits per heavy atom. The van der Waals surface area contributed by atoms with E-state index in [0.29, 0.717) is 17.7 Å². The fourth-order valence-corrected chi connectivity index (χ4v) is 4.62. The van der Waals surface area contributed by atoms with Crippen LogP contribution in [0.4, 0.5) is 5.69 Å². The van der Waals surface area contributed by atoms with Crippen molar-refractivity contribution in [2.45, 2.75) is 31.8 Å². The molecule has 6 nitrogen and oxygen atoms in total. The average Bonchev–Trinajstić information content (AvgIpc) is 3.31. The van der Waals surface area contributed by atoms with E-state index in [-0.39, 0.29) is 23.6 Å². The molecule has 0 saturated carbocycles. The number of fused-ring (bicyclic) bond motifs is 1. The van der Waals surface area contributed by atoms with Crippen LogP contribution < -0.4 is 10.6 Å². The number of furan rings is 1. The number of amides is 2. The number of nitrogens with one attached hydrogen (secondary N) is 2. The monoisotopic (exact) mass is 467 g/mol. The highest BCUT2D eigenvalue weighted by Crippen LogP contribution is 2.20. The third-order valence-electron chi connectivity index (χ3n) is 6.35. The van der Waals surface area contributed by atoms with Crippen LogP contribution in [0.25, 0.3) is 11.0 Å². The van der Waals surface area contributed by atoms with Crippen LogP contribution in [0, 0.1) is 0 Å². The minimum atomic E-state index is -0.302. The van der Waals surface area contributed by atoms with Gasteiger partial charge in [-0.15, -0.1) is 0 Å². The fraction of sp³-hybridized carbons (Fsp3) is 0.241.